The fourth-order valence-electron chi connectivity index (χ4n) is 2.84. The molecule has 0 nitrogen and oxygen atoms in total. The summed E-state index contributed by atoms with van der Waals surface area (Å²) in [5.41, 5.74) is 0.935. The van der Waals surface area contributed by atoms with Crippen molar-refractivity contribution in [3.63, 3.8) is 0 Å². The summed E-state index contributed by atoms with van der Waals surface area (Å²) in [6.45, 7) is 4.66. The summed E-state index contributed by atoms with van der Waals surface area (Å²) < 4.78 is 0. The Hall–Kier alpha value is 0. The van der Waals surface area contributed by atoms with Gasteiger partial charge < -0.3 is 0 Å². The van der Waals surface area contributed by atoms with Crippen LogP contribution in [-0.4, -0.2) is 0 Å². The van der Waals surface area contributed by atoms with Gasteiger partial charge in [0.15, 0.2) is 0 Å². The summed E-state index contributed by atoms with van der Waals surface area (Å²) in [6, 6.07) is 0. The van der Waals surface area contributed by atoms with Crippen molar-refractivity contribution in [3.8, 4) is 0 Å². The molecule has 0 saturated heterocycles. The highest BCUT2D eigenvalue weighted by atomic mass is 14.7. The van der Waals surface area contributed by atoms with Crippen LogP contribution in [0.4, 0.5) is 0 Å². The van der Waals surface area contributed by atoms with Gasteiger partial charge in [0, 0.05) is 0 Å². The first-order valence-corrected chi connectivity index (χ1v) is 4.83. The molecule has 3 atom stereocenters. The first kappa shape index (κ1) is 6.69. The van der Waals surface area contributed by atoms with Crippen LogP contribution in [-0.2, 0) is 0 Å². The van der Waals surface area contributed by atoms with Gasteiger partial charge in [-0.2, -0.15) is 0 Å². The molecule has 3 unspecified atom stereocenters. The summed E-state index contributed by atoms with van der Waals surface area (Å²) in [7, 11) is 0. The van der Waals surface area contributed by atoms with E-state index in [1.54, 1.807) is 12.8 Å². The maximum atomic E-state index is 2.35. The van der Waals surface area contributed by atoms with Crippen LogP contribution < -0.4 is 0 Å². The molecule has 2 fully saturated rings. The Morgan fingerprint density at radius 3 is 2.40 bits per heavy atom. The zero-order chi connectivity index (χ0) is 7.19. The van der Waals surface area contributed by atoms with Gasteiger partial charge in [0.2, 0.25) is 0 Å². The lowest BCUT2D eigenvalue weighted by atomic mass is 10.1. The fourth-order valence-corrected chi connectivity index (χ4v) is 2.84. The highest BCUT2D eigenvalue weighted by Gasteiger charge is 2.68. The molecule has 0 heterocycles. The summed E-state index contributed by atoms with van der Waals surface area (Å²) in [5.74, 6) is 2.30. The van der Waals surface area contributed by atoms with E-state index in [0.717, 1.165) is 17.3 Å². The molecule has 0 aliphatic heterocycles. The fraction of sp³-hybridized carbons (Fsp3) is 1.00. The standard InChI is InChI=1S/C10H18/c1-3-5-9-7-10(9)6-8(10)4-2/h8-9H,3-7H2,1-2H3. The molecular formula is C10H18. The first-order valence-electron chi connectivity index (χ1n) is 4.83. The van der Waals surface area contributed by atoms with Gasteiger partial charge in [0.1, 0.15) is 0 Å². The molecule has 0 radical (unpaired) electrons. The predicted octanol–water partition coefficient (Wildman–Crippen LogP) is 3.22. The van der Waals surface area contributed by atoms with Gasteiger partial charge in [-0.1, -0.05) is 33.1 Å². The van der Waals surface area contributed by atoms with Gasteiger partial charge in [-0.25, -0.2) is 0 Å². The second-order valence-electron chi connectivity index (χ2n) is 4.23. The smallest absolute Gasteiger partial charge is 0.0235 e. The third-order valence-electron chi connectivity index (χ3n) is 3.69. The van der Waals surface area contributed by atoms with Crippen LogP contribution >= 0.6 is 0 Å². The number of rotatable bonds is 3. The summed E-state index contributed by atoms with van der Waals surface area (Å²) >= 11 is 0. The third-order valence-corrected chi connectivity index (χ3v) is 3.69. The van der Waals surface area contributed by atoms with Gasteiger partial charge in [-0.15, -0.1) is 0 Å². The minimum absolute atomic E-state index is 0.935. The van der Waals surface area contributed by atoms with E-state index in [4.69, 9.17) is 0 Å². The van der Waals surface area contributed by atoms with E-state index >= 15 is 0 Å². The SMILES string of the molecule is CCCC1CC12CC2CC. The van der Waals surface area contributed by atoms with E-state index in [1.807, 2.05) is 0 Å². The van der Waals surface area contributed by atoms with E-state index in [2.05, 4.69) is 13.8 Å². The molecule has 2 rings (SSSR count). The van der Waals surface area contributed by atoms with Crippen molar-refractivity contribution >= 4 is 0 Å². The van der Waals surface area contributed by atoms with Crippen molar-refractivity contribution in [2.75, 3.05) is 0 Å². The molecule has 2 aliphatic rings. The normalized spacial score (nSPS) is 49.8. The van der Waals surface area contributed by atoms with Crippen molar-refractivity contribution < 1.29 is 0 Å². The van der Waals surface area contributed by atoms with Crippen LogP contribution in [0.25, 0.3) is 0 Å². The molecule has 10 heavy (non-hydrogen) atoms. The molecule has 0 bridgehead atoms. The Morgan fingerprint density at radius 2 is 1.90 bits per heavy atom. The van der Waals surface area contributed by atoms with Crippen LogP contribution in [0.3, 0.4) is 0 Å². The molecule has 0 N–H and O–H groups in total. The molecule has 1 spiro atoms. The lowest BCUT2D eigenvalue weighted by Crippen LogP contribution is -1.83. The minimum Gasteiger partial charge on any atom is -0.0654 e. The minimum atomic E-state index is 0.935. The van der Waals surface area contributed by atoms with Gasteiger partial charge >= 0.3 is 0 Å². The predicted molar refractivity (Wildman–Crippen MR) is 43.8 cm³/mol. The van der Waals surface area contributed by atoms with Crippen LogP contribution in [0.2, 0.25) is 0 Å². The lowest BCUT2D eigenvalue weighted by Gasteiger charge is -1.92. The van der Waals surface area contributed by atoms with Crippen LogP contribution in [0.15, 0.2) is 0 Å². The molecule has 58 valence electrons. The second kappa shape index (κ2) is 1.99. The lowest BCUT2D eigenvalue weighted by molar-refractivity contribution is 0.577. The van der Waals surface area contributed by atoms with Crippen molar-refractivity contribution in [2.24, 2.45) is 17.3 Å². The summed E-state index contributed by atoms with van der Waals surface area (Å²) in [4.78, 5) is 0. The number of hydrogen-bond donors (Lipinski definition) is 0. The maximum Gasteiger partial charge on any atom is -0.0235 e. The molecule has 0 aromatic heterocycles. The molecular weight excluding hydrogens is 120 g/mol. The Balaban J connectivity index is 1.80. The third kappa shape index (κ3) is 0.741. The van der Waals surface area contributed by atoms with E-state index in [-0.39, 0.29) is 0 Å². The number of hydrogen-bond acceptors (Lipinski definition) is 0. The average molecular weight is 138 g/mol. The largest absolute Gasteiger partial charge is 0.0654 e. The van der Waals surface area contributed by atoms with Crippen molar-refractivity contribution in [1.82, 2.24) is 0 Å². The van der Waals surface area contributed by atoms with Crippen molar-refractivity contribution in [1.29, 1.82) is 0 Å². The highest BCUT2D eigenvalue weighted by Crippen LogP contribution is 2.76. The van der Waals surface area contributed by atoms with E-state index < -0.39 is 0 Å². The Labute approximate surface area is 64.0 Å². The Morgan fingerprint density at radius 1 is 1.20 bits per heavy atom. The molecule has 2 saturated carbocycles. The quantitative estimate of drug-likeness (QED) is 0.561. The molecule has 0 heteroatoms. The van der Waals surface area contributed by atoms with Crippen LogP contribution in [0.5, 0.6) is 0 Å². The van der Waals surface area contributed by atoms with Gasteiger partial charge in [-0.3, -0.25) is 0 Å². The second-order valence-corrected chi connectivity index (χ2v) is 4.23. The van der Waals surface area contributed by atoms with Crippen molar-refractivity contribution in [3.05, 3.63) is 0 Å². The molecule has 0 aromatic rings. The summed E-state index contributed by atoms with van der Waals surface area (Å²) in [6.07, 6.45) is 7.52. The Kier molecular flexibility index (Phi) is 1.33. The van der Waals surface area contributed by atoms with E-state index in [0.29, 0.717) is 0 Å². The first-order chi connectivity index (χ1) is 4.83. The summed E-state index contributed by atoms with van der Waals surface area (Å²) in [5, 5.41) is 0. The van der Waals surface area contributed by atoms with Gasteiger partial charge in [0.05, 0.1) is 0 Å². The zero-order valence-corrected chi connectivity index (χ0v) is 7.19. The monoisotopic (exact) mass is 138 g/mol. The average Bonchev–Trinajstić information content (AvgIpc) is 2.78. The van der Waals surface area contributed by atoms with E-state index in [9.17, 15) is 0 Å². The maximum absolute atomic E-state index is 2.35. The van der Waals surface area contributed by atoms with Gasteiger partial charge in [0.25, 0.3) is 0 Å². The molecule has 0 aromatic carbocycles. The van der Waals surface area contributed by atoms with Gasteiger partial charge in [-0.05, 0) is 30.1 Å². The highest BCUT2D eigenvalue weighted by molar-refractivity contribution is 5.17. The van der Waals surface area contributed by atoms with Crippen LogP contribution in [0, 0.1) is 17.3 Å². The zero-order valence-electron chi connectivity index (χ0n) is 7.19. The van der Waals surface area contributed by atoms with Crippen LogP contribution in [0.1, 0.15) is 46.0 Å². The Bertz CT molecular complexity index is 139. The topological polar surface area (TPSA) is 0 Å². The molecule has 0 amide bonds. The van der Waals surface area contributed by atoms with Crippen molar-refractivity contribution in [2.45, 2.75) is 46.0 Å². The van der Waals surface area contributed by atoms with E-state index in [1.165, 1.54) is 19.3 Å². The molecule has 2 aliphatic carbocycles.